The van der Waals surface area contributed by atoms with Crippen LogP contribution in [0.3, 0.4) is 0 Å². The van der Waals surface area contributed by atoms with Crippen molar-refractivity contribution >= 4 is 0 Å². The summed E-state index contributed by atoms with van der Waals surface area (Å²) in [4.78, 5) is 9.56. The number of hydrogen-bond donors (Lipinski definition) is 0. The van der Waals surface area contributed by atoms with Crippen molar-refractivity contribution in [3.05, 3.63) is 35.4 Å². The van der Waals surface area contributed by atoms with Crippen LogP contribution in [0.25, 0.3) is 0 Å². The molecule has 0 N–H and O–H groups in total. The predicted molar refractivity (Wildman–Crippen MR) is 110 cm³/mol. The highest BCUT2D eigenvalue weighted by Gasteiger charge is 2.13. The molecule has 1 fully saturated rings. The summed E-state index contributed by atoms with van der Waals surface area (Å²) < 4.78 is 16.8. The van der Waals surface area contributed by atoms with Crippen molar-refractivity contribution < 1.29 is 24.0 Å². The average Bonchev–Trinajstić information content (AvgIpc) is 2.74. The number of unbranched alkanes of at least 4 members (excludes halogenated alkanes) is 5. The van der Waals surface area contributed by atoms with Crippen molar-refractivity contribution in [2.45, 2.75) is 77.1 Å². The molecule has 2 rings (SSSR count). The van der Waals surface area contributed by atoms with Gasteiger partial charge in [0.25, 0.3) is 0 Å². The Morgan fingerprint density at radius 3 is 2.36 bits per heavy atom. The Morgan fingerprint density at radius 2 is 1.61 bits per heavy atom. The topological polar surface area (TPSA) is 46.2 Å². The van der Waals surface area contributed by atoms with Crippen LogP contribution in [0.2, 0.25) is 0 Å². The summed E-state index contributed by atoms with van der Waals surface area (Å²) in [6, 6.07) is 8.61. The molecule has 0 bridgehead atoms. The lowest BCUT2D eigenvalue weighted by Crippen LogP contribution is -2.24. The maximum absolute atomic E-state index is 5.66. The van der Waals surface area contributed by atoms with Gasteiger partial charge in [-0.05, 0) is 49.7 Å². The normalized spacial score (nSPS) is 17.1. The maximum atomic E-state index is 5.66. The lowest BCUT2D eigenvalue weighted by Gasteiger charge is -2.22. The largest absolute Gasteiger partial charge is 0.379 e. The Labute approximate surface area is 170 Å². The van der Waals surface area contributed by atoms with Crippen LogP contribution in [0.5, 0.6) is 0 Å². The van der Waals surface area contributed by atoms with Crippen LogP contribution < -0.4 is 0 Å². The third-order valence-electron chi connectivity index (χ3n) is 5.04. The van der Waals surface area contributed by atoms with E-state index in [0.29, 0.717) is 19.8 Å². The van der Waals surface area contributed by atoms with E-state index in [1.165, 1.54) is 51.2 Å². The monoisotopic (exact) mass is 394 g/mol. The number of hydrogen-bond acceptors (Lipinski definition) is 5. The molecule has 0 aliphatic carbocycles. The van der Waals surface area contributed by atoms with Crippen molar-refractivity contribution in [3.63, 3.8) is 0 Å². The van der Waals surface area contributed by atoms with Gasteiger partial charge >= 0.3 is 0 Å². The van der Waals surface area contributed by atoms with E-state index in [2.05, 4.69) is 29.2 Å². The summed E-state index contributed by atoms with van der Waals surface area (Å²) in [5.41, 5.74) is 2.54. The Kier molecular flexibility index (Phi) is 13.2. The molecule has 1 unspecified atom stereocenters. The van der Waals surface area contributed by atoms with Gasteiger partial charge in [-0.1, -0.05) is 49.9 Å². The van der Waals surface area contributed by atoms with Gasteiger partial charge in [0.15, 0.2) is 6.29 Å². The Morgan fingerprint density at radius 1 is 0.857 bits per heavy atom. The van der Waals surface area contributed by atoms with Crippen LogP contribution in [-0.2, 0) is 37.0 Å². The molecular weight excluding hydrogens is 356 g/mol. The molecule has 1 aliphatic heterocycles. The van der Waals surface area contributed by atoms with Gasteiger partial charge in [-0.15, -0.1) is 0 Å². The Balaban J connectivity index is 1.33. The smallest absolute Gasteiger partial charge is 0.157 e. The second-order valence-electron chi connectivity index (χ2n) is 7.40. The van der Waals surface area contributed by atoms with Crippen LogP contribution in [0, 0.1) is 0 Å². The molecule has 5 heteroatoms. The van der Waals surface area contributed by atoms with E-state index in [-0.39, 0.29) is 6.29 Å². The molecule has 1 saturated heterocycles. The third kappa shape index (κ3) is 11.1. The quantitative estimate of drug-likeness (QED) is 0.219. The highest BCUT2D eigenvalue weighted by molar-refractivity contribution is 5.22. The minimum Gasteiger partial charge on any atom is -0.379 e. The van der Waals surface area contributed by atoms with Crippen molar-refractivity contribution in [1.82, 2.24) is 0 Å². The van der Waals surface area contributed by atoms with Gasteiger partial charge in [0.05, 0.1) is 20.3 Å². The summed E-state index contributed by atoms with van der Waals surface area (Å²) in [7, 11) is 1.53. The standard InChI is InChI=1S/C23H38O5/c1-24-28-20-22-14-12-21(13-15-22)10-6-4-2-3-5-8-16-25-18-19-27-23-11-7-9-17-26-23/h12-15,23H,2-11,16-20H2,1H3. The first-order valence-electron chi connectivity index (χ1n) is 10.9. The lowest BCUT2D eigenvalue weighted by atomic mass is 10.0. The minimum absolute atomic E-state index is 0.0000356. The molecule has 160 valence electrons. The van der Waals surface area contributed by atoms with Crippen LogP contribution in [-0.4, -0.2) is 39.8 Å². The first-order chi connectivity index (χ1) is 13.9. The van der Waals surface area contributed by atoms with E-state index in [1.807, 2.05) is 0 Å². The van der Waals surface area contributed by atoms with Crippen LogP contribution >= 0.6 is 0 Å². The van der Waals surface area contributed by atoms with Gasteiger partial charge in [-0.25, -0.2) is 9.78 Å². The molecule has 5 nitrogen and oxygen atoms in total. The first-order valence-corrected chi connectivity index (χ1v) is 10.9. The predicted octanol–water partition coefficient (Wildman–Crippen LogP) is 5.21. The van der Waals surface area contributed by atoms with Crippen molar-refractivity contribution in [2.75, 3.05) is 33.5 Å². The molecule has 1 aromatic carbocycles. The van der Waals surface area contributed by atoms with Gasteiger partial charge in [0.2, 0.25) is 0 Å². The number of ether oxygens (including phenoxy) is 3. The van der Waals surface area contributed by atoms with Gasteiger partial charge < -0.3 is 14.2 Å². The summed E-state index contributed by atoms with van der Waals surface area (Å²) in [5, 5.41) is 0. The van der Waals surface area contributed by atoms with E-state index in [9.17, 15) is 0 Å². The zero-order chi connectivity index (χ0) is 19.7. The van der Waals surface area contributed by atoms with Gasteiger partial charge in [-0.3, -0.25) is 0 Å². The molecule has 1 aromatic rings. The SMILES string of the molecule is COOCc1ccc(CCCCCCCCOCCOC2CCCCO2)cc1. The summed E-state index contributed by atoms with van der Waals surface area (Å²) in [6.45, 7) is 3.50. The van der Waals surface area contributed by atoms with E-state index in [4.69, 9.17) is 19.1 Å². The van der Waals surface area contributed by atoms with Crippen molar-refractivity contribution in [2.24, 2.45) is 0 Å². The molecular formula is C23H38O5. The van der Waals surface area contributed by atoms with Crippen molar-refractivity contribution in [1.29, 1.82) is 0 Å². The molecule has 1 aliphatic rings. The number of benzene rings is 1. The maximum Gasteiger partial charge on any atom is 0.157 e. The molecule has 0 spiro atoms. The fourth-order valence-corrected chi connectivity index (χ4v) is 3.35. The summed E-state index contributed by atoms with van der Waals surface area (Å²) in [5.74, 6) is 0. The zero-order valence-electron chi connectivity index (χ0n) is 17.5. The molecule has 28 heavy (non-hydrogen) atoms. The van der Waals surface area contributed by atoms with E-state index < -0.39 is 0 Å². The minimum atomic E-state index is -0.0000356. The summed E-state index contributed by atoms with van der Waals surface area (Å²) in [6.07, 6.45) is 12.1. The van der Waals surface area contributed by atoms with Crippen LogP contribution in [0.15, 0.2) is 24.3 Å². The second-order valence-corrected chi connectivity index (χ2v) is 7.40. The van der Waals surface area contributed by atoms with Crippen molar-refractivity contribution in [3.8, 4) is 0 Å². The average molecular weight is 395 g/mol. The van der Waals surface area contributed by atoms with Crippen LogP contribution in [0.1, 0.15) is 68.9 Å². The summed E-state index contributed by atoms with van der Waals surface area (Å²) >= 11 is 0. The van der Waals surface area contributed by atoms with Gasteiger partial charge in [0.1, 0.15) is 6.61 Å². The second kappa shape index (κ2) is 15.9. The Bertz CT molecular complexity index is 470. The fraction of sp³-hybridized carbons (Fsp3) is 0.739. The molecule has 0 saturated carbocycles. The molecule has 0 radical (unpaired) electrons. The first kappa shape index (κ1) is 23.3. The fourth-order valence-electron chi connectivity index (χ4n) is 3.35. The zero-order valence-corrected chi connectivity index (χ0v) is 17.5. The molecule has 1 heterocycles. The van der Waals surface area contributed by atoms with E-state index in [0.717, 1.165) is 44.5 Å². The molecule has 1 atom stereocenters. The van der Waals surface area contributed by atoms with Gasteiger partial charge in [0, 0.05) is 13.2 Å². The number of rotatable bonds is 16. The van der Waals surface area contributed by atoms with Crippen LogP contribution in [0.4, 0.5) is 0 Å². The third-order valence-corrected chi connectivity index (χ3v) is 5.04. The Hall–Kier alpha value is -0.980. The highest BCUT2D eigenvalue weighted by Crippen LogP contribution is 2.14. The molecule has 0 aromatic heterocycles. The van der Waals surface area contributed by atoms with E-state index >= 15 is 0 Å². The number of aryl methyl sites for hydroxylation is 1. The molecule has 0 amide bonds. The highest BCUT2D eigenvalue weighted by atomic mass is 17.2. The lowest BCUT2D eigenvalue weighted by molar-refractivity contribution is -0.282. The van der Waals surface area contributed by atoms with E-state index in [1.54, 1.807) is 0 Å². The van der Waals surface area contributed by atoms with Gasteiger partial charge in [-0.2, -0.15) is 0 Å².